The zero-order valence-corrected chi connectivity index (χ0v) is 24.9. The summed E-state index contributed by atoms with van der Waals surface area (Å²) in [6.45, 7) is 3.89. The molecule has 2 N–H and O–H groups in total. The monoisotopic (exact) mass is 637 g/mol. The largest absolute Gasteiger partial charge is 0.483 e. The summed E-state index contributed by atoms with van der Waals surface area (Å²) in [6, 6.07) is 9.05. The molecule has 3 aliphatic heterocycles. The van der Waals surface area contributed by atoms with Gasteiger partial charge < -0.3 is 19.0 Å². The third kappa shape index (κ3) is 5.59. The first kappa shape index (κ1) is 30.9. The van der Waals surface area contributed by atoms with E-state index in [9.17, 15) is 32.3 Å². The number of ether oxygens (including phenoxy) is 1. The molecule has 46 heavy (non-hydrogen) atoms. The summed E-state index contributed by atoms with van der Waals surface area (Å²) in [5, 5.41) is 4.20. The van der Waals surface area contributed by atoms with Gasteiger partial charge in [-0.25, -0.2) is 13.2 Å². The van der Waals surface area contributed by atoms with Crippen LogP contribution in [0.3, 0.4) is 0 Å². The van der Waals surface area contributed by atoms with E-state index in [1.54, 1.807) is 29.2 Å². The maximum Gasteiger partial charge on any atom is 0.275 e. The maximum absolute atomic E-state index is 14.1. The number of pyridine rings is 1. The van der Waals surface area contributed by atoms with Crippen molar-refractivity contribution in [1.82, 2.24) is 20.3 Å². The lowest BCUT2D eigenvalue weighted by atomic mass is 9.84. The first-order valence-corrected chi connectivity index (χ1v) is 14.7. The van der Waals surface area contributed by atoms with Crippen molar-refractivity contribution >= 4 is 23.4 Å². The minimum absolute atomic E-state index is 0.0405. The number of rotatable bonds is 6. The number of nitrogens with one attached hydrogen (secondary N) is 2. The molecule has 3 amide bonds. The van der Waals surface area contributed by atoms with Crippen molar-refractivity contribution in [3.63, 3.8) is 0 Å². The lowest BCUT2D eigenvalue weighted by Crippen LogP contribution is -2.53. The van der Waals surface area contributed by atoms with E-state index >= 15 is 0 Å². The van der Waals surface area contributed by atoms with Gasteiger partial charge in [0.15, 0.2) is 17.0 Å². The Balaban J connectivity index is 1.37. The minimum Gasteiger partial charge on any atom is -0.483 e. The molecule has 1 aromatic heterocycles. The Labute approximate surface area is 260 Å². The number of hydrogen-bond donors (Lipinski definition) is 2. The average Bonchev–Trinajstić information content (AvgIpc) is 3.36. The van der Waals surface area contributed by atoms with Gasteiger partial charge in [0.1, 0.15) is 29.6 Å². The smallest absolute Gasteiger partial charge is 0.275 e. The number of halogens is 3. The standard InChI is InChI=1S/C32H30F3N5O6/c1-17-13-32(46-38-17)9-8-18(2)39-15-25(32)40-14-22(28(42)29(27(40)31(39)44)45-16-19-6-4-3-5-7-19)30(43)37-36-26(41)12-21-23(34)10-20(33)11-24(21)35/h3-7,10-11,14,18,25H,8-9,12-13,15-16H2,1-2H3,(H,36,41)(H,37,43)/t18-,25+,32-/m0/s1. The molecular formula is C32H30F3N5O6. The number of fused-ring (bicyclic) bond motifs is 5. The lowest BCUT2D eigenvalue weighted by Gasteiger charge is -2.42. The fourth-order valence-electron chi connectivity index (χ4n) is 6.28. The van der Waals surface area contributed by atoms with Gasteiger partial charge in [0.05, 0.1) is 18.2 Å². The highest BCUT2D eigenvalue weighted by atomic mass is 19.1. The van der Waals surface area contributed by atoms with E-state index in [4.69, 9.17) is 9.57 Å². The van der Waals surface area contributed by atoms with E-state index in [-0.39, 0.29) is 30.6 Å². The van der Waals surface area contributed by atoms with E-state index in [2.05, 4.69) is 10.6 Å². The van der Waals surface area contributed by atoms with E-state index in [0.717, 1.165) is 5.71 Å². The van der Waals surface area contributed by atoms with E-state index in [1.807, 2.05) is 25.3 Å². The summed E-state index contributed by atoms with van der Waals surface area (Å²) in [4.78, 5) is 61.5. The van der Waals surface area contributed by atoms with Crippen molar-refractivity contribution in [2.75, 3.05) is 6.54 Å². The molecule has 11 nitrogen and oxygen atoms in total. The zero-order chi connectivity index (χ0) is 32.7. The molecule has 6 rings (SSSR count). The number of benzene rings is 2. The van der Waals surface area contributed by atoms with Crippen molar-refractivity contribution in [1.29, 1.82) is 0 Å². The molecular weight excluding hydrogens is 607 g/mol. The zero-order valence-electron chi connectivity index (χ0n) is 24.9. The summed E-state index contributed by atoms with van der Waals surface area (Å²) in [5.41, 5.74) is 2.62. The summed E-state index contributed by atoms with van der Waals surface area (Å²) in [7, 11) is 0. The Morgan fingerprint density at radius 3 is 2.50 bits per heavy atom. The van der Waals surface area contributed by atoms with Crippen LogP contribution >= 0.6 is 0 Å². The van der Waals surface area contributed by atoms with Crippen molar-refractivity contribution in [2.45, 2.75) is 63.8 Å². The Hall–Kier alpha value is -5.14. The predicted octanol–water partition coefficient (Wildman–Crippen LogP) is 3.56. The number of hydrogen-bond acceptors (Lipinski definition) is 7. The Morgan fingerprint density at radius 1 is 1.11 bits per heavy atom. The third-order valence-electron chi connectivity index (χ3n) is 8.65. The molecule has 3 aromatic rings. The molecule has 2 bridgehead atoms. The van der Waals surface area contributed by atoms with Gasteiger partial charge in [-0.2, -0.15) is 0 Å². The molecule has 1 saturated heterocycles. The summed E-state index contributed by atoms with van der Waals surface area (Å²) < 4.78 is 49.0. The van der Waals surface area contributed by atoms with Gasteiger partial charge in [-0.15, -0.1) is 0 Å². The first-order valence-electron chi connectivity index (χ1n) is 14.7. The molecule has 14 heteroatoms. The van der Waals surface area contributed by atoms with E-state index < -0.39 is 69.8 Å². The molecule has 3 atom stereocenters. The number of amides is 3. The molecule has 0 aliphatic carbocycles. The van der Waals surface area contributed by atoms with Crippen molar-refractivity contribution in [2.24, 2.45) is 5.16 Å². The number of carbonyl (C=O) groups is 3. The highest BCUT2D eigenvalue weighted by molar-refractivity contribution is 6.00. The highest BCUT2D eigenvalue weighted by Gasteiger charge is 2.54. The van der Waals surface area contributed by atoms with E-state index in [0.29, 0.717) is 37.0 Å². The normalized spacial score (nSPS) is 21.6. The number of aromatic nitrogens is 1. The molecule has 0 radical (unpaired) electrons. The van der Waals surface area contributed by atoms with Gasteiger partial charge in [0.2, 0.25) is 11.3 Å². The highest BCUT2D eigenvalue weighted by Crippen LogP contribution is 2.46. The second-order valence-electron chi connectivity index (χ2n) is 11.8. The average molecular weight is 638 g/mol. The summed E-state index contributed by atoms with van der Waals surface area (Å²) >= 11 is 0. The maximum atomic E-state index is 14.1. The molecule has 240 valence electrons. The molecule has 0 unspecified atom stereocenters. The van der Waals surface area contributed by atoms with Crippen molar-refractivity contribution in [3.8, 4) is 5.75 Å². The predicted molar refractivity (Wildman–Crippen MR) is 157 cm³/mol. The molecule has 0 saturated carbocycles. The van der Waals surface area contributed by atoms with Gasteiger partial charge >= 0.3 is 0 Å². The van der Waals surface area contributed by atoms with Crippen molar-refractivity contribution < 1.29 is 37.1 Å². The van der Waals surface area contributed by atoms with Crippen LogP contribution in [-0.4, -0.2) is 51.1 Å². The van der Waals surface area contributed by atoms with Crippen LogP contribution in [0.5, 0.6) is 5.75 Å². The van der Waals surface area contributed by atoms with Crippen LogP contribution in [0.1, 0.15) is 71.1 Å². The molecule has 1 fully saturated rings. The van der Waals surface area contributed by atoms with Crippen LogP contribution in [0.25, 0.3) is 0 Å². The number of oxime groups is 1. The van der Waals surface area contributed by atoms with Crippen LogP contribution in [-0.2, 0) is 22.7 Å². The quantitative estimate of drug-likeness (QED) is 0.398. The third-order valence-corrected chi connectivity index (χ3v) is 8.65. The molecule has 4 heterocycles. The summed E-state index contributed by atoms with van der Waals surface area (Å²) in [5.74, 6) is -6.59. The second kappa shape index (κ2) is 12.0. The minimum atomic E-state index is -1.27. The van der Waals surface area contributed by atoms with Crippen LogP contribution in [0, 0.1) is 17.5 Å². The lowest BCUT2D eigenvalue weighted by molar-refractivity contribution is -0.121. The van der Waals surface area contributed by atoms with Crippen LogP contribution in [0.4, 0.5) is 13.2 Å². The fraction of sp³-hybridized carbons (Fsp3) is 0.344. The SMILES string of the molecule is CC1=NO[C@@]2(CC[C@H](C)N3C[C@H]2n2cc(C(=O)NNC(=O)Cc4c(F)cc(F)cc4F)c(=O)c(OCc4ccccc4)c2C3=O)C1. The van der Waals surface area contributed by atoms with E-state index in [1.165, 1.54) is 10.8 Å². The van der Waals surface area contributed by atoms with Crippen molar-refractivity contribution in [3.05, 3.63) is 98.7 Å². The number of carbonyl (C=O) groups excluding carboxylic acids is 3. The van der Waals surface area contributed by atoms with Gasteiger partial charge in [0.25, 0.3) is 11.8 Å². The van der Waals surface area contributed by atoms with Crippen LogP contribution in [0.2, 0.25) is 0 Å². The Bertz CT molecular complexity index is 1810. The van der Waals surface area contributed by atoms with Gasteiger partial charge in [-0.3, -0.25) is 30.0 Å². The van der Waals surface area contributed by atoms with Crippen LogP contribution < -0.4 is 21.0 Å². The first-order chi connectivity index (χ1) is 22.0. The Morgan fingerprint density at radius 2 is 1.83 bits per heavy atom. The molecule has 1 spiro atoms. The topological polar surface area (TPSA) is 131 Å². The Kier molecular flexibility index (Phi) is 8.04. The number of nitrogens with zero attached hydrogens (tertiary/aromatic N) is 3. The van der Waals surface area contributed by atoms with Gasteiger partial charge in [0, 0.05) is 42.9 Å². The summed E-state index contributed by atoms with van der Waals surface area (Å²) in [6.07, 6.45) is 1.99. The second-order valence-corrected chi connectivity index (χ2v) is 11.8. The fourth-order valence-corrected chi connectivity index (χ4v) is 6.28. The number of hydrazine groups is 1. The molecule has 3 aliphatic rings. The molecule has 2 aromatic carbocycles. The van der Waals surface area contributed by atoms with Gasteiger partial charge in [-0.1, -0.05) is 35.5 Å². The van der Waals surface area contributed by atoms with Gasteiger partial charge in [-0.05, 0) is 32.3 Å². The van der Waals surface area contributed by atoms with Crippen LogP contribution in [0.15, 0.2) is 58.6 Å².